The summed E-state index contributed by atoms with van der Waals surface area (Å²) < 4.78 is 4.75. The highest BCUT2D eigenvalue weighted by Gasteiger charge is 2.33. The van der Waals surface area contributed by atoms with Gasteiger partial charge in [0, 0.05) is 12.4 Å². The number of rotatable bonds is 3. The normalized spacial score (nSPS) is 14.5. The summed E-state index contributed by atoms with van der Waals surface area (Å²) in [6, 6.07) is 3.16. The fourth-order valence-corrected chi connectivity index (χ4v) is 1.07. The van der Waals surface area contributed by atoms with E-state index in [4.69, 9.17) is 4.74 Å². The standard InChI is InChI=1S/C10H13NO3/c1-3-14-9(12)10(2,13)8-4-6-11-7-5-8/h4-7,13H,3H2,1-2H3/t10-/m1/s1. The minimum atomic E-state index is -1.60. The van der Waals surface area contributed by atoms with Gasteiger partial charge in [0.1, 0.15) is 0 Å². The summed E-state index contributed by atoms with van der Waals surface area (Å²) in [5, 5.41) is 9.88. The van der Waals surface area contributed by atoms with Gasteiger partial charge in [0.25, 0.3) is 0 Å². The minimum Gasteiger partial charge on any atom is -0.464 e. The molecule has 1 aromatic heterocycles. The molecule has 0 aliphatic heterocycles. The Hall–Kier alpha value is -1.42. The predicted octanol–water partition coefficient (Wildman–Crippen LogP) is 0.852. The highest BCUT2D eigenvalue weighted by atomic mass is 16.5. The lowest BCUT2D eigenvalue weighted by Gasteiger charge is -2.20. The Balaban J connectivity index is 2.90. The van der Waals surface area contributed by atoms with Crippen molar-refractivity contribution in [3.8, 4) is 0 Å². The van der Waals surface area contributed by atoms with Crippen molar-refractivity contribution >= 4 is 5.97 Å². The monoisotopic (exact) mass is 195 g/mol. The van der Waals surface area contributed by atoms with Crippen molar-refractivity contribution in [2.45, 2.75) is 19.4 Å². The molecule has 0 aliphatic rings. The Morgan fingerprint density at radius 3 is 2.64 bits per heavy atom. The van der Waals surface area contributed by atoms with Crippen LogP contribution in [-0.2, 0) is 15.1 Å². The molecule has 0 radical (unpaired) electrons. The molecule has 4 nitrogen and oxygen atoms in total. The van der Waals surface area contributed by atoms with Crippen LogP contribution in [0.3, 0.4) is 0 Å². The number of carbonyl (C=O) groups is 1. The van der Waals surface area contributed by atoms with E-state index in [1.54, 1.807) is 19.1 Å². The van der Waals surface area contributed by atoms with Gasteiger partial charge in [0.15, 0.2) is 5.60 Å². The van der Waals surface area contributed by atoms with Crippen LogP contribution in [0.2, 0.25) is 0 Å². The van der Waals surface area contributed by atoms with E-state index in [2.05, 4.69) is 4.98 Å². The topological polar surface area (TPSA) is 59.4 Å². The maximum absolute atomic E-state index is 11.4. The lowest BCUT2D eigenvalue weighted by atomic mass is 9.98. The SMILES string of the molecule is CCOC(=O)[C@](C)(O)c1ccncc1. The van der Waals surface area contributed by atoms with Gasteiger partial charge in [-0.3, -0.25) is 4.98 Å². The Labute approximate surface area is 82.5 Å². The van der Waals surface area contributed by atoms with Crippen molar-refractivity contribution in [2.24, 2.45) is 0 Å². The molecule has 0 amide bonds. The summed E-state index contributed by atoms with van der Waals surface area (Å²) in [7, 11) is 0. The summed E-state index contributed by atoms with van der Waals surface area (Å²) in [5.41, 5.74) is -1.12. The third-order valence-corrected chi connectivity index (χ3v) is 1.92. The third-order valence-electron chi connectivity index (χ3n) is 1.92. The van der Waals surface area contributed by atoms with E-state index in [-0.39, 0.29) is 6.61 Å². The molecule has 0 bridgehead atoms. The quantitative estimate of drug-likeness (QED) is 0.726. The number of hydrogen-bond acceptors (Lipinski definition) is 4. The Kier molecular flexibility index (Phi) is 3.19. The summed E-state index contributed by atoms with van der Waals surface area (Å²) in [4.78, 5) is 15.2. The molecule has 1 rings (SSSR count). The van der Waals surface area contributed by atoms with Crippen LogP contribution in [0, 0.1) is 0 Å². The lowest BCUT2D eigenvalue weighted by Crippen LogP contribution is -2.34. The molecule has 0 fully saturated rings. The van der Waals surface area contributed by atoms with Gasteiger partial charge in [0.05, 0.1) is 6.61 Å². The van der Waals surface area contributed by atoms with Gasteiger partial charge >= 0.3 is 5.97 Å². The zero-order valence-corrected chi connectivity index (χ0v) is 8.23. The van der Waals surface area contributed by atoms with Crippen molar-refractivity contribution < 1.29 is 14.6 Å². The second-order valence-corrected chi connectivity index (χ2v) is 3.03. The van der Waals surface area contributed by atoms with Crippen LogP contribution in [0.1, 0.15) is 19.4 Å². The Morgan fingerprint density at radius 1 is 1.57 bits per heavy atom. The van der Waals surface area contributed by atoms with E-state index in [1.807, 2.05) is 0 Å². The van der Waals surface area contributed by atoms with Gasteiger partial charge in [-0.2, -0.15) is 0 Å². The highest BCUT2D eigenvalue weighted by Crippen LogP contribution is 2.20. The van der Waals surface area contributed by atoms with Crippen LogP contribution in [0.4, 0.5) is 0 Å². The van der Waals surface area contributed by atoms with Gasteiger partial charge in [-0.25, -0.2) is 4.79 Å². The van der Waals surface area contributed by atoms with E-state index in [9.17, 15) is 9.90 Å². The van der Waals surface area contributed by atoms with E-state index in [0.29, 0.717) is 5.56 Å². The number of carbonyl (C=O) groups excluding carboxylic acids is 1. The molecular formula is C10H13NO3. The summed E-state index contributed by atoms with van der Waals surface area (Å²) in [5.74, 6) is -0.647. The number of hydrogen-bond donors (Lipinski definition) is 1. The van der Waals surface area contributed by atoms with Crippen molar-refractivity contribution in [3.63, 3.8) is 0 Å². The first-order valence-electron chi connectivity index (χ1n) is 4.39. The summed E-state index contributed by atoms with van der Waals surface area (Å²) in [6.45, 7) is 3.35. The second kappa shape index (κ2) is 4.19. The third kappa shape index (κ3) is 2.09. The first-order valence-corrected chi connectivity index (χ1v) is 4.39. The fourth-order valence-electron chi connectivity index (χ4n) is 1.07. The van der Waals surface area contributed by atoms with E-state index >= 15 is 0 Å². The number of pyridine rings is 1. The highest BCUT2D eigenvalue weighted by molar-refractivity contribution is 5.80. The van der Waals surface area contributed by atoms with Gasteiger partial charge in [0.2, 0.25) is 0 Å². The molecule has 0 aromatic carbocycles. The number of aliphatic hydroxyl groups is 1. The van der Waals surface area contributed by atoms with Crippen LogP contribution in [0.5, 0.6) is 0 Å². The molecule has 0 spiro atoms. The first kappa shape index (κ1) is 10.7. The molecule has 0 unspecified atom stereocenters. The molecule has 1 atom stereocenters. The van der Waals surface area contributed by atoms with Crippen molar-refractivity contribution in [1.82, 2.24) is 4.98 Å². The molecular weight excluding hydrogens is 182 g/mol. The van der Waals surface area contributed by atoms with Crippen molar-refractivity contribution in [2.75, 3.05) is 6.61 Å². The van der Waals surface area contributed by atoms with E-state index < -0.39 is 11.6 Å². The number of ether oxygens (including phenoxy) is 1. The summed E-state index contributed by atoms with van der Waals surface area (Å²) in [6.07, 6.45) is 3.03. The zero-order chi connectivity index (χ0) is 10.6. The van der Waals surface area contributed by atoms with Crippen LogP contribution >= 0.6 is 0 Å². The Morgan fingerprint density at radius 2 is 2.14 bits per heavy atom. The molecule has 0 saturated heterocycles. The number of nitrogens with zero attached hydrogens (tertiary/aromatic N) is 1. The molecule has 1 heterocycles. The number of aromatic nitrogens is 1. The Bertz CT molecular complexity index is 308. The average molecular weight is 195 g/mol. The van der Waals surface area contributed by atoms with E-state index in [0.717, 1.165) is 0 Å². The summed E-state index contributed by atoms with van der Waals surface area (Å²) >= 11 is 0. The molecule has 0 saturated carbocycles. The number of esters is 1. The predicted molar refractivity (Wildman–Crippen MR) is 50.4 cm³/mol. The van der Waals surface area contributed by atoms with Gasteiger partial charge < -0.3 is 9.84 Å². The molecule has 14 heavy (non-hydrogen) atoms. The second-order valence-electron chi connectivity index (χ2n) is 3.03. The van der Waals surface area contributed by atoms with Crippen molar-refractivity contribution in [3.05, 3.63) is 30.1 Å². The van der Waals surface area contributed by atoms with Crippen LogP contribution < -0.4 is 0 Å². The van der Waals surface area contributed by atoms with Crippen LogP contribution in [-0.4, -0.2) is 22.7 Å². The van der Waals surface area contributed by atoms with Gasteiger partial charge in [-0.05, 0) is 31.5 Å². The zero-order valence-electron chi connectivity index (χ0n) is 8.23. The molecule has 4 heteroatoms. The van der Waals surface area contributed by atoms with Gasteiger partial charge in [-0.1, -0.05) is 0 Å². The molecule has 0 aliphatic carbocycles. The van der Waals surface area contributed by atoms with E-state index in [1.165, 1.54) is 19.3 Å². The molecule has 1 aromatic rings. The first-order chi connectivity index (χ1) is 6.59. The molecule has 1 N–H and O–H groups in total. The molecule has 76 valence electrons. The van der Waals surface area contributed by atoms with Gasteiger partial charge in [-0.15, -0.1) is 0 Å². The maximum Gasteiger partial charge on any atom is 0.342 e. The largest absolute Gasteiger partial charge is 0.464 e. The average Bonchev–Trinajstić information content (AvgIpc) is 2.19. The van der Waals surface area contributed by atoms with Crippen molar-refractivity contribution in [1.29, 1.82) is 0 Å². The van der Waals surface area contributed by atoms with Crippen LogP contribution in [0.15, 0.2) is 24.5 Å². The maximum atomic E-state index is 11.4. The fraction of sp³-hybridized carbons (Fsp3) is 0.400. The smallest absolute Gasteiger partial charge is 0.342 e. The lowest BCUT2D eigenvalue weighted by molar-refractivity contribution is -0.164. The van der Waals surface area contributed by atoms with Crippen LogP contribution in [0.25, 0.3) is 0 Å². The minimum absolute atomic E-state index is 0.250.